The Balaban J connectivity index is 2.00. The summed E-state index contributed by atoms with van der Waals surface area (Å²) < 4.78 is 70.9. The third kappa shape index (κ3) is 4.61. The minimum Gasteiger partial charge on any atom is -0.304 e. The SMILES string of the molecule is CN1CCN(S(=O)(=O)c2ccc(-c3c(Cl)cc(N=S)cc3C(F)(F)F)cc2)CC1. The first-order chi connectivity index (χ1) is 13.5. The topological polar surface area (TPSA) is 53.0 Å². The highest BCUT2D eigenvalue weighted by Gasteiger charge is 2.35. The van der Waals surface area contributed by atoms with Gasteiger partial charge in [0.15, 0.2) is 0 Å². The van der Waals surface area contributed by atoms with Gasteiger partial charge < -0.3 is 4.90 Å². The van der Waals surface area contributed by atoms with Gasteiger partial charge >= 0.3 is 6.18 Å². The maximum Gasteiger partial charge on any atom is 0.417 e. The standard InChI is InChI=1S/C18H17ClF3N3O2S2/c1-24-6-8-25(9-7-24)29(26,27)14-4-2-12(3-5-14)17-15(18(20,21)22)10-13(23-28)11-16(17)19/h2-5,10-11H,6-9H2,1H3. The summed E-state index contributed by atoms with van der Waals surface area (Å²) in [5.41, 5.74) is -1.15. The third-order valence-electron chi connectivity index (χ3n) is 4.73. The number of nitrogens with zero attached hydrogens (tertiary/aromatic N) is 3. The molecule has 2 aromatic carbocycles. The summed E-state index contributed by atoms with van der Waals surface area (Å²) in [6.45, 7) is 1.94. The molecular weight excluding hydrogens is 447 g/mol. The van der Waals surface area contributed by atoms with Crippen molar-refractivity contribution in [3.63, 3.8) is 0 Å². The molecular formula is C18H17ClF3N3O2S2. The molecule has 0 N–H and O–H groups in total. The van der Waals surface area contributed by atoms with E-state index in [0.717, 1.165) is 6.07 Å². The molecule has 11 heteroatoms. The van der Waals surface area contributed by atoms with Gasteiger partial charge in [-0.2, -0.15) is 21.8 Å². The first-order valence-corrected chi connectivity index (χ1v) is 10.8. The Bertz CT molecular complexity index is 1020. The molecule has 1 aliphatic heterocycles. The highest BCUT2D eigenvalue weighted by Crippen LogP contribution is 2.43. The van der Waals surface area contributed by atoms with Crippen molar-refractivity contribution in [1.29, 1.82) is 0 Å². The number of likely N-dealkylation sites (N-methyl/N-ethyl adjacent to an activating group) is 1. The van der Waals surface area contributed by atoms with Gasteiger partial charge in [-0.15, -0.1) is 0 Å². The van der Waals surface area contributed by atoms with Gasteiger partial charge in [-0.25, -0.2) is 8.42 Å². The number of halogens is 4. The van der Waals surface area contributed by atoms with Crippen molar-refractivity contribution in [2.75, 3.05) is 33.2 Å². The molecule has 0 saturated carbocycles. The summed E-state index contributed by atoms with van der Waals surface area (Å²) in [5, 5.41) is -0.168. The van der Waals surface area contributed by atoms with Gasteiger partial charge in [0.1, 0.15) is 0 Å². The van der Waals surface area contributed by atoms with Crippen molar-refractivity contribution in [2.24, 2.45) is 4.36 Å². The maximum absolute atomic E-state index is 13.5. The van der Waals surface area contributed by atoms with Crippen LogP contribution in [-0.4, -0.2) is 50.8 Å². The van der Waals surface area contributed by atoms with E-state index in [2.05, 4.69) is 16.8 Å². The largest absolute Gasteiger partial charge is 0.417 e. The molecule has 1 aliphatic rings. The Morgan fingerprint density at radius 3 is 2.17 bits per heavy atom. The first kappa shape index (κ1) is 22.1. The van der Waals surface area contributed by atoms with E-state index in [9.17, 15) is 21.6 Å². The lowest BCUT2D eigenvalue weighted by molar-refractivity contribution is -0.137. The van der Waals surface area contributed by atoms with Gasteiger partial charge in [0.05, 0.1) is 21.2 Å². The van der Waals surface area contributed by atoms with Crippen LogP contribution in [0.15, 0.2) is 45.7 Å². The quantitative estimate of drug-likeness (QED) is 0.677. The molecule has 0 aliphatic carbocycles. The fourth-order valence-corrected chi connectivity index (χ4v) is 4.98. The molecule has 29 heavy (non-hydrogen) atoms. The van der Waals surface area contributed by atoms with E-state index >= 15 is 0 Å². The Kier molecular flexibility index (Phi) is 6.30. The lowest BCUT2D eigenvalue weighted by atomic mass is 9.98. The molecule has 0 radical (unpaired) electrons. The Morgan fingerprint density at radius 2 is 1.66 bits per heavy atom. The van der Waals surface area contributed by atoms with Crippen molar-refractivity contribution < 1.29 is 21.6 Å². The van der Waals surface area contributed by atoms with E-state index in [4.69, 9.17) is 11.6 Å². The Labute approximate surface area is 177 Å². The smallest absolute Gasteiger partial charge is 0.304 e. The molecule has 3 rings (SSSR count). The summed E-state index contributed by atoms with van der Waals surface area (Å²) >= 11 is 10.6. The molecule has 0 amide bonds. The lowest BCUT2D eigenvalue weighted by Crippen LogP contribution is -2.46. The summed E-state index contributed by atoms with van der Waals surface area (Å²) in [6.07, 6.45) is -4.68. The minimum atomic E-state index is -4.68. The zero-order valence-electron chi connectivity index (χ0n) is 15.3. The molecule has 156 valence electrons. The number of sulfonamides is 1. The summed E-state index contributed by atoms with van der Waals surface area (Å²) in [7, 11) is -1.81. The molecule has 5 nitrogen and oxygen atoms in total. The molecule has 1 heterocycles. The van der Waals surface area contributed by atoms with E-state index < -0.39 is 21.8 Å². The number of benzene rings is 2. The van der Waals surface area contributed by atoms with Gasteiger partial charge in [0.2, 0.25) is 10.0 Å². The van der Waals surface area contributed by atoms with Crippen molar-refractivity contribution in [3.05, 3.63) is 47.0 Å². The second-order valence-corrected chi connectivity index (χ2v) is 9.20. The minimum absolute atomic E-state index is 0.0210. The van der Waals surface area contributed by atoms with Gasteiger partial charge in [-0.05, 0) is 36.9 Å². The van der Waals surface area contributed by atoms with Crippen molar-refractivity contribution >= 4 is 39.7 Å². The highest BCUT2D eigenvalue weighted by atomic mass is 35.5. The maximum atomic E-state index is 13.5. The number of piperazine rings is 1. The van der Waals surface area contributed by atoms with Gasteiger partial charge in [0.25, 0.3) is 0 Å². The molecule has 1 saturated heterocycles. The van der Waals surface area contributed by atoms with E-state index in [1.54, 1.807) is 0 Å². The second kappa shape index (κ2) is 8.27. The zero-order chi connectivity index (χ0) is 21.4. The van der Waals surface area contributed by atoms with Crippen LogP contribution in [0.3, 0.4) is 0 Å². The Morgan fingerprint density at radius 1 is 1.07 bits per heavy atom. The van der Waals surface area contributed by atoms with Crippen molar-refractivity contribution in [1.82, 2.24) is 9.21 Å². The van der Waals surface area contributed by atoms with Crippen LogP contribution < -0.4 is 0 Å². The van der Waals surface area contributed by atoms with Crippen LogP contribution in [0, 0.1) is 0 Å². The molecule has 0 unspecified atom stereocenters. The number of hydrogen-bond donors (Lipinski definition) is 0. The number of rotatable bonds is 4. The summed E-state index contributed by atoms with van der Waals surface area (Å²) in [5.74, 6) is 0. The highest BCUT2D eigenvalue weighted by molar-refractivity contribution is 7.89. The molecule has 0 aromatic heterocycles. The fraction of sp³-hybridized carbons (Fsp3) is 0.333. The average Bonchev–Trinajstić information content (AvgIpc) is 2.67. The normalized spacial score (nSPS) is 16.7. The number of alkyl halides is 3. The van der Waals surface area contributed by atoms with E-state index in [1.165, 1.54) is 34.6 Å². The summed E-state index contributed by atoms with van der Waals surface area (Å²) in [6, 6.07) is 7.31. The van der Waals surface area contributed by atoms with Crippen LogP contribution in [0.5, 0.6) is 0 Å². The van der Waals surface area contributed by atoms with Crippen LogP contribution in [0.4, 0.5) is 18.9 Å². The molecule has 2 aromatic rings. The summed E-state index contributed by atoms with van der Waals surface area (Å²) in [4.78, 5) is 2.04. The van der Waals surface area contributed by atoms with Crippen LogP contribution in [0.2, 0.25) is 5.02 Å². The van der Waals surface area contributed by atoms with Crippen LogP contribution in [0.1, 0.15) is 5.56 Å². The van der Waals surface area contributed by atoms with E-state index in [1.807, 2.05) is 11.9 Å². The lowest BCUT2D eigenvalue weighted by Gasteiger charge is -2.31. The van der Waals surface area contributed by atoms with Crippen LogP contribution in [-0.2, 0) is 28.6 Å². The van der Waals surface area contributed by atoms with E-state index in [0.29, 0.717) is 26.2 Å². The monoisotopic (exact) mass is 463 g/mol. The molecule has 0 bridgehead atoms. The molecule has 1 fully saturated rings. The third-order valence-corrected chi connectivity index (χ3v) is 7.15. The fourth-order valence-electron chi connectivity index (χ4n) is 3.13. The first-order valence-electron chi connectivity index (χ1n) is 8.57. The van der Waals surface area contributed by atoms with Crippen LogP contribution >= 0.6 is 11.6 Å². The van der Waals surface area contributed by atoms with Gasteiger partial charge in [-0.3, -0.25) is 0 Å². The predicted octanol–water partition coefficient (Wildman–Crippen LogP) is 4.32. The second-order valence-electron chi connectivity index (χ2n) is 6.67. The predicted molar refractivity (Wildman–Crippen MR) is 108 cm³/mol. The number of hydrogen-bond acceptors (Lipinski definition) is 5. The Hall–Kier alpha value is -1.59. The van der Waals surface area contributed by atoms with Crippen molar-refractivity contribution in [3.8, 4) is 11.1 Å². The molecule has 0 atom stereocenters. The van der Waals surface area contributed by atoms with Gasteiger partial charge in [-0.1, -0.05) is 23.7 Å². The van der Waals surface area contributed by atoms with Gasteiger partial charge in [0, 0.05) is 44.2 Å². The zero-order valence-corrected chi connectivity index (χ0v) is 17.7. The van der Waals surface area contributed by atoms with Crippen LogP contribution in [0.25, 0.3) is 11.1 Å². The average molecular weight is 464 g/mol. The van der Waals surface area contributed by atoms with E-state index in [-0.39, 0.29) is 26.7 Å². The van der Waals surface area contributed by atoms with Crippen molar-refractivity contribution in [2.45, 2.75) is 11.1 Å². The molecule has 0 spiro atoms.